The molecule has 1 atom stereocenters. The summed E-state index contributed by atoms with van der Waals surface area (Å²) in [5.74, 6) is 0.388. The number of carbonyl (C=O) groups excluding carboxylic acids is 1. The number of hydrogen-bond acceptors (Lipinski definition) is 3. The number of nitrogens with one attached hydrogen (secondary N) is 1. The second-order valence-electron chi connectivity index (χ2n) is 6.94. The fourth-order valence-electron chi connectivity index (χ4n) is 2.15. The molecule has 0 bridgehead atoms. The van der Waals surface area contributed by atoms with E-state index < -0.39 is 5.60 Å². The zero-order valence-corrected chi connectivity index (χ0v) is 13.1. The molecule has 0 saturated carbocycles. The Balaban J connectivity index is 2.06. The van der Waals surface area contributed by atoms with Gasteiger partial charge in [0.1, 0.15) is 16.9 Å². The Bertz CT molecular complexity index is 602. The van der Waals surface area contributed by atoms with Gasteiger partial charge in [-0.3, -0.25) is 4.79 Å². The Morgan fingerprint density at radius 3 is 2.52 bits per heavy atom. The molecule has 4 nitrogen and oxygen atoms in total. The molecule has 2 N–H and O–H groups in total. The number of rotatable bonds is 4. The van der Waals surface area contributed by atoms with Gasteiger partial charge in [-0.25, -0.2) is 0 Å². The lowest BCUT2D eigenvalue weighted by Crippen LogP contribution is -2.39. The average molecular weight is 289 g/mol. The van der Waals surface area contributed by atoms with Gasteiger partial charge >= 0.3 is 0 Å². The van der Waals surface area contributed by atoms with Gasteiger partial charge < -0.3 is 14.8 Å². The molecule has 1 heterocycles. The number of aliphatic hydroxyl groups is 1. The third kappa shape index (κ3) is 4.08. The van der Waals surface area contributed by atoms with E-state index in [-0.39, 0.29) is 17.9 Å². The smallest absolute Gasteiger partial charge is 0.220 e. The van der Waals surface area contributed by atoms with Crippen molar-refractivity contribution in [1.82, 2.24) is 5.32 Å². The van der Waals surface area contributed by atoms with Crippen LogP contribution < -0.4 is 5.32 Å². The Morgan fingerprint density at radius 2 is 1.90 bits per heavy atom. The Morgan fingerprint density at radius 1 is 1.24 bits per heavy atom. The molecule has 0 spiro atoms. The predicted octanol–water partition coefficient (Wildman–Crippen LogP) is 3.19. The van der Waals surface area contributed by atoms with Gasteiger partial charge in [0, 0.05) is 11.8 Å². The quantitative estimate of drug-likeness (QED) is 0.908. The molecule has 0 saturated heterocycles. The van der Waals surface area contributed by atoms with E-state index in [1.165, 1.54) is 0 Å². The van der Waals surface area contributed by atoms with Crippen molar-refractivity contribution in [2.75, 3.05) is 6.54 Å². The van der Waals surface area contributed by atoms with E-state index in [1.807, 2.05) is 51.1 Å². The highest BCUT2D eigenvalue weighted by atomic mass is 16.4. The molecule has 0 radical (unpaired) electrons. The van der Waals surface area contributed by atoms with Crippen LogP contribution in [0.2, 0.25) is 0 Å². The number of fused-ring (bicyclic) bond motifs is 1. The van der Waals surface area contributed by atoms with Crippen molar-refractivity contribution in [3.05, 3.63) is 36.1 Å². The van der Waals surface area contributed by atoms with Gasteiger partial charge in [-0.2, -0.15) is 0 Å². The molecule has 4 heteroatoms. The van der Waals surface area contributed by atoms with Gasteiger partial charge in [-0.15, -0.1) is 0 Å². The van der Waals surface area contributed by atoms with Gasteiger partial charge in [-0.1, -0.05) is 39.0 Å². The number of amides is 1. The zero-order chi connectivity index (χ0) is 15.7. The lowest BCUT2D eigenvalue weighted by atomic mass is 9.92. The van der Waals surface area contributed by atoms with Crippen LogP contribution in [0, 0.1) is 5.41 Å². The highest BCUT2D eigenvalue weighted by molar-refractivity contribution is 5.78. The summed E-state index contributed by atoms with van der Waals surface area (Å²) in [5, 5.41) is 14.2. The zero-order valence-electron chi connectivity index (χ0n) is 13.1. The molecule has 2 aromatic rings. The number of hydrogen-bond donors (Lipinski definition) is 2. The molecule has 21 heavy (non-hydrogen) atoms. The van der Waals surface area contributed by atoms with Crippen molar-refractivity contribution < 1.29 is 14.3 Å². The van der Waals surface area contributed by atoms with Crippen LogP contribution in [0.4, 0.5) is 0 Å². The van der Waals surface area contributed by atoms with Crippen LogP contribution in [0.25, 0.3) is 11.0 Å². The summed E-state index contributed by atoms with van der Waals surface area (Å²) in [6.45, 7) is 7.78. The SMILES string of the molecule is CC(C)(C)CC(=O)NC[C@@](C)(O)c1cc2ccccc2o1. The minimum atomic E-state index is -1.23. The molecule has 0 unspecified atom stereocenters. The molecular formula is C17H23NO3. The molecule has 0 aliphatic rings. The van der Waals surface area contributed by atoms with E-state index in [2.05, 4.69) is 5.32 Å². The van der Waals surface area contributed by atoms with Crippen molar-refractivity contribution in [2.45, 2.75) is 39.7 Å². The van der Waals surface area contributed by atoms with Gasteiger partial charge in [0.25, 0.3) is 0 Å². The first-order valence-electron chi connectivity index (χ1n) is 7.15. The maximum atomic E-state index is 11.9. The summed E-state index contributed by atoms with van der Waals surface area (Å²) < 4.78 is 5.66. The van der Waals surface area contributed by atoms with Crippen LogP contribution in [-0.2, 0) is 10.4 Å². The van der Waals surface area contributed by atoms with Crippen LogP contribution >= 0.6 is 0 Å². The highest BCUT2D eigenvalue weighted by Crippen LogP contribution is 2.27. The second kappa shape index (κ2) is 5.53. The van der Waals surface area contributed by atoms with Crippen molar-refractivity contribution in [1.29, 1.82) is 0 Å². The van der Waals surface area contributed by atoms with E-state index in [1.54, 1.807) is 6.92 Å². The second-order valence-corrected chi connectivity index (χ2v) is 6.94. The topological polar surface area (TPSA) is 62.5 Å². The molecule has 0 aliphatic heterocycles. The number of furan rings is 1. The first-order valence-corrected chi connectivity index (χ1v) is 7.15. The third-order valence-electron chi connectivity index (χ3n) is 3.28. The normalized spacial score (nSPS) is 14.9. The lowest BCUT2D eigenvalue weighted by Gasteiger charge is -2.23. The average Bonchev–Trinajstić information content (AvgIpc) is 2.79. The molecule has 1 aromatic heterocycles. The van der Waals surface area contributed by atoms with Crippen LogP contribution in [0.1, 0.15) is 39.9 Å². The highest BCUT2D eigenvalue weighted by Gasteiger charge is 2.28. The van der Waals surface area contributed by atoms with Crippen molar-refractivity contribution in [3.8, 4) is 0 Å². The Hall–Kier alpha value is -1.81. The summed E-state index contributed by atoms with van der Waals surface area (Å²) in [6.07, 6.45) is 0.420. The van der Waals surface area contributed by atoms with Crippen molar-refractivity contribution in [2.24, 2.45) is 5.41 Å². The summed E-state index contributed by atoms with van der Waals surface area (Å²) in [4.78, 5) is 11.9. The summed E-state index contributed by atoms with van der Waals surface area (Å²) in [5.41, 5.74) is -0.573. The molecule has 1 amide bonds. The standard InChI is InChI=1S/C17H23NO3/c1-16(2,3)10-15(19)18-11-17(4,20)14-9-12-7-5-6-8-13(12)21-14/h5-9,20H,10-11H2,1-4H3,(H,18,19)/t17-/m1/s1. The van der Waals surface area contributed by atoms with Crippen LogP contribution in [0.5, 0.6) is 0 Å². The predicted molar refractivity (Wildman–Crippen MR) is 82.9 cm³/mol. The number of carbonyl (C=O) groups is 1. The number of para-hydroxylation sites is 1. The summed E-state index contributed by atoms with van der Waals surface area (Å²) >= 11 is 0. The summed E-state index contributed by atoms with van der Waals surface area (Å²) in [6, 6.07) is 9.39. The fourth-order valence-corrected chi connectivity index (χ4v) is 2.15. The van der Waals surface area contributed by atoms with Gasteiger partial charge in [0.15, 0.2) is 0 Å². The fraction of sp³-hybridized carbons (Fsp3) is 0.471. The lowest BCUT2D eigenvalue weighted by molar-refractivity contribution is -0.124. The molecule has 0 aliphatic carbocycles. The molecule has 0 fully saturated rings. The van der Waals surface area contributed by atoms with E-state index in [4.69, 9.17) is 4.42 Å². The van der Waals surface area contributed by atoms with E-state index in [9.17, 15) is 9.90 Å². The molecule has 2 rings (SSSR count). The third-order valence-corrected chi connectivity index (χ3v) is 3.28. The van der Waals surface area contributed by atoms with Crippen molar-refractivity contribution >= 4 is 16.9 Å². The van der Waals surface area contributed by atoms with E-state index in [0.29, 0.717) is 12.2 Å². The van der Waals surface area contributed by atoms with E-state index in [0.717, 1.165) is 11.0 Å². The molecular weight excluding hydrogens is 266 g/mol. The first-order chi connectivity index (χ1) is 9.67. The Kier molecular flexibility index (Phi) is 4.10. The minimum absolute atomic E-state index is 0.0705. The first kappa shape index (κ1) is 15.6. The molecule has 1 aromatic carbocycles. The van der Waals surface area contributed by atoms with Crippen molar-refractivity contribution in [3.63, 3.8) is 0 Å². The maximum Gasteiger partial charge on any atom is 0.220 e. The van der Waals surface area contributed by atoms with Crippen LogP contribution in [0.3, 0.4) is 0 Å². The van der Waals surface area contributed by atoms with Gasteiger partial charge in [0.2, 0.25) is 5.91 Å². The monoisotopic (exact) mass is 289 g/mol. The molecule has 114 valence electrons. The van der Waals surface area contributed by atoms with Crippen LogP contribution in [0.15, 0.2) is 34.7 Å². The minimum Gasteiger partial charge on any atom is -0.458 e. The number of benzene rings is 1. The van der Waals surface area contributed by atoms with Gasteiger partial charge in [0.05, 0.1) is 6.54 Å². The largest absolute Gasteiger partial charge is 0.458 e. The Labute approximate surface area is 125 Å². The van der Waals surface area contributed by atoms with Gasteiger partial charge in [-0.05, 0) is 24.5 Å². The summed E-state index contributed by atoms with van der Waals surface area (Å²) in [7, 11) is 0. The van der Waals surface area contributed by atoms with Crippen LogP contribution in [-0.4, -0.2) is 17.6 Å². The van der Waals surface area contributed by atoms with E-state index >= 15 is 0 Å². The maximum absolute atomic E-state index is 11.9.